The summed E-state index contributed by atoms with van der Waals surface area (Å²) < 4.78 is 5.18. The van der Waals surface area contributed by atoms with Gasteiger partial charge < -0.3 is 15.4 Å². The lowest BCUT2D eigenvalue weighted by atomic mass is 10.2. The maximum Gasteiger partial charge on any atom is 0.414 e. The lowest BCUT2D eigenvalue weighted by Gasteiger charge is -2.13. The van der Waals surface area contributed by atoms with Gasteiger partial charge >= 0.3 is 6.09 Å². The molecule has 112 valence electrons. The van der Waals surface area contributed by atoms with Gasteiger partial charge in [-0.3, -0.25) is 14.5 Å². The molecule has 7 heteroatoms. The van der Waals surface area contributed by atoms with E-state index >= 15 is 0 Å². The number of rotatable bonds is 4. The minimum absolute atomic E-state index is 0.154. The molecule has 0 radical (unpaired) electrons. The number of carbonyl (C=O) groups excluding carboxylic acids is 3. The fourth-order valence-corrected chi connectivity index (χ4v) is 2.02. The Labute approximate surface area is 122 Å². The van der Waals surface area contributed by atoms with Crippen LogP contribution >= 0.6 is 0 Å². The van der Waals surface area contributed by atoms with Crippen LogP contribution in [0.25, 0.3) is 0 Å². The summed E-state index contributed by atoms with van der Waals surface area (Å²) in [5.74, 6) is -0.317. The molecule has 0 aliphatic carbocycles. The van der Waals surface area contributed by atoms with E-state index in [1.807, 2.05) is 0 Å². The van der Waals surface area contributed by atoms with Crippen molar-refractivity contribution in [3.8, 4) is 0 Å². The second-order valence-corrected chi connectivity index (χ2v) is 4.78. The smallest absolute Gasteiger partial charge is 0.414 e. The van der Waals surface area contributed by atoms with Crippen molar-refractivity contribution in [3.63, 3.8) is 0 Å². The first kappa shape index (κ1) is 14.8. The summed E-state index contributed by atoms with van der Waals surface area (Å²) in [5, 5.41) is 5.27. The molecule has 1 atom stereocenters. The SMILES string of the molecule is CC(=O)NCC1CN(c2ccc(NC(C)=O)cc2)C(=O)O1. The second-order valence-electron chi connectivity index (χ2n) is 4.78. The van der Waals surface area contributed by atoms with Gasteiger partial charge in [0, 0.05) is 25.2 Å². The van der Waals surface area contributed by atoms with Crippen LogP contribution in [0, 0.1) is 0 Å². The summed E-state index contributed by atoms with van der Waals surface area (Å²) in [4.78, 5) is 35.1. The monoisotopic (exact) mass is 291 g/mol. The van der Waals surface area contributed by atoms with Crippen LogP contribution in [-0.2, 0) is 14.3 Å². The largest absolute Gasteiger partial charge is 0.442 e. The number of anilines is 2. The molecular weight excluding hydrogens is 274 g/mol. The topological polar surface area (TPSA) is 87.7 Å². The van der Waals surface area contributed by atoms with Gasteiger partial charge in [0.1, 0.15) is 6.10 Å². The van der Waals surface area contributed by atoms with Gasteiger partial charge in [-0.05, 0) is 24.3 Å². The van der Waals surface area contributed by atoms with Gasteiger partial charge in [0.15, 0.2) is 0 Å². The van der Waals surface area contributed by atoms with Crippen molar-refractivity contribution in [2.45, 2.75) is 20.0 Å². The molecule has 1 aliphatic rings. The maximum atomic E-state index is 11.8. The fraction of sp³-hybridized carbons (Fsp3) is 0.357. The Bertz CT molecular complexity index is 556. The third-order valence-corrected chi connectivity index (χ3v) is 2.95. The Balaban J connectivity index is 1.99. The van der Waals surface area contributed by atoms with Crippen LogP contribution in [-0.4, -0.2) is 37.1 Å². The summed E-state index contributed by atoms with van der Waals surface area (Å²) in [6.45, 7) is 3.51. The zero-order chi connectivity index (χ0) is 15.4. The highest BCUT2D eigenvalue weighted by molar-refractivity contribution is 5.91. The van der Waals surface area contributed by atoms with Crippen molar-refractivity contribution < 1.29 is 19.1 Å². The summed E-state index contributed by atoms with van der Waals surface area (Å²) in [5.41, 5.74) is 1.34. The van der Waals surface area contributed by atoms with Gasteiger partial charge in [-0.1, -0.05) is 0 Å². The Morgan fingerprint density at radius 2 is 1.90 bits per heavy atom. The molecule has 3 amide bonds. The van der Waals surface area contributed by atoms with Gasteiger partial charge in [0.2, 0.25) is 11.8 Å². The third kappa shape index (κ3) is 3.95. The predicted molar refractivity (Wildman–Crippen MR) is 77.0 cm³/mol. The van der Waals surface area contributed by atoms with Crippen LogP contribution in [0.2, 0.25) is 0 Å². The van der Waals surface area contributed by atoms with Gasteiger partial charge in [0.25, 0.3) is 0 Å². The first-order valence-electron chi connectivity index (χ1n) is 6.56. The van der Waals surface area contributed by atoms with Gasteiger partial charge in [0.05, 0.1) is 13.1 Å². The van der Waals surface area contributed by atoms with E-state index in [1.165, 1.54) is 18.7 Å². The zero-order valence-electron chi connectivity index (χ0n) is 11.9. The molecule has 1 fully saturated rings. The number of carbonyl (C=O) groups is 3. The predicted octanol–water partition coefficient (Wildman–Crippen LogP) is 1.11. The molecule has 0 saturated carbocycles. The summed E-state index contributed by atoms with van der Waals surface area (Å²) in [6.07, 6.45) is -0.811. The first-order chi connectivity index (χ1) is 9.95. The van der Waals surface area contributed by atoms with E-state index in [4.69, 9.17) is 4.74 Å². The lowest BCUT2D eigenvalue weighted by Crippen LogP contribution is -2.33. The van der Waals surface area contributed by atoms with Crippen LogP contribution < -0.4 is 15.5 Å². The molecule has 0 spiro atoms. The number of hydrogen-bond acceptors (Lipinski definition) is 4. The standard InChI is InChI=1S/C14H17N3O4/c1-9(18)15-7-13-8-17(14(20)21-13)12-5-3-11(4-6-12)16-10(2)19/h3-6,13H,7-8H2,1-2H3,(H,15,18)(H,16,19). The quantitative estimate of drug-likeness (QED) is 0.869. The van der Waals surface area contributed by atoms with E-state index < -0.39 is 6.09 Å². The van der Waals surface area contributed by atoms with E-state index in [1.54, 1.807) is 24.3 Å². The molecule has 1 aromatic carbocycles. The molecule has 7 nitrogen and oxygen atoms in total. The number of cyclic esters (lactones) is 1. The van der Waals surface area contributed by atoms with Crippen LogP contribution in [0.5, 0.6) is 0 Å². The van der Waals surface area contributed by atoms with Crippen molar-refractivity contribution in [1.82, 2.24) is 5.32 Å². The number of amides is 3. The first-order valence-corrected chi connectivity index (χ1v) is 6.56. The van der Waals surface area contributed by atoms with Crippen molar-refractivity contribution in [3.05, 3.63) is 24.3 Å². The van der Waals surface area contributed by atoms with E-state index in [-0.39, 0.29) is 17.9 Å². The minimum atomic E-state index is -0.447. The molecule has 1 heterocycles. The van der Waals surface area contributed by atoms with Crippen LogP contribution in [0.1, 0.15) is 13.8 Å². The summed E-state index contributed by atoms with van der Waals surface area (Å²) in [7, 11) is 0. The van der Waals surface area contributed by atoms with Crippen LogP contribution in [0.15, 0.2) is 24.3 Å². The number of nitrogens with one attached hydrogen (secondary N) is 2. The van der Waals surface area contributed by atoms with Crippen molar-refractivity contribution in [2.75, 3.05) is 23.3 Å². The molecule has 1 unspecified atom stereocenters. The molecule has 21 heavy (non-hydrogen) atoms. The zero-order valence-corrected chi connectivity index (χ0v) is 11.9. The molecule has 1 saturated heterocycles. The van der Waals surface area contributed by atoms with Crippen LogP contribution in [0.4, 0.5) is 16.2 Å². The molecule has 2 rings (SSSR count). The molecular formula is C14H17N3O4. The summed E-state index contributed by atoms with van der Waals surface area (Å²) in [6, 6.07) is 6.89. The Morgan fingerprint density at radius 3 is 2.48 bits per heavy atom. The highest BCUT2D eigenvalue weighted by Gasteiger charge is 2.32. The Kier molecular flexibility index (Phi) is 4.42. The van der Waals surface area contributed by atoms with Gasteiger partial charge in [-0.2, -0.15) is 0 Å². The Hall–Kier alpha value is -2.57. The van der Waals surface area contributed by atoms with Crippen molar-refractivity contribution in [1.29, 1.82) is 0 Å². The van der Waals surface area contributed by atoms with E-state index in [0.29, 0.717) is 24.5 Å². The molecule has 2 N–H and O–H groups in total. The maximum absolute atomic E-state index is 11.8. The van der Waals surface area contributed by atoms with E-state index in [0.717, 1.165) is 0 Å². The second kappa shape index (κ2) is 6.25. The van der Waals surface area contributed by atoms with Crippen LogP contribution in [0.3, 0.4) is 0 Å². The lowest BCUT2D eigenvalue weighted by molar-refractivity contribution is -0.119. The third-order valence-electron chi connectivity index (χ3n) is 2.95. The number of hydrogen-bond donors (Lipinski definition) is 2. The number of benzene rings is 1. The highest BCUT2D eigenvalue weighted by Crippen LogP contribution is 2.23. The Morgan fingerprint density at radius 1 is 1.24 bits per heavy atom. The summed E-state index contributed by atoms with van der Waals surface area (Å²) >= 11 is 0. The van der Waals surface area contributed by atoms with Crippen molar-refractivity contribution >= 4 is 29.3 Å². The highest BCUT2D eigenvalue weighted by atomic mass is 16.6. The van der Waals surface area contributed by atoms with E-state index in [9.17, 15) is 14.4 Å². The van der Waals surface area contributed by atoms with E-state index in [2.05, 4.69) is 10.6 Å². The molecule has 0 bridgehead atoms. The molecule has 0 aromatic heterocycles. The van der Waals surface area contributed by atoms with Crippen molar-refractivity contribution in [2.24, 2.45) is 0 Å². The van der Waals surface area contributed by atoms with Gasteiger partial charge in [-0.15, -0.1) is 0 Å². The number of nitrogens with zero attached hydrogens (tertiary/aromatic N) is 1. The molecule has 1 aliphatic heterocycles. The minimum Gasteiger partial charge on any atom is -0.442 e. The fourth-order valence-electron chi connectivity index (χ4n) is 2.02. The normalized spacial score (nSPS) is 17.3. The average Bonchev–Trinajstić information content (AvgIpc) is 2.78. The molecule has 1 aromatic rings. The average molecular weight is 291 g/mol. The number of ether oxygens (including phenoxy) is 1. The van der Waals surface area contributed by atoms with Gasteiger partial charge in [-0.25, -0.2) is 4.79 Å².